The number of halogens is 5. The molecule has 2 unspecified atom stereocenters. The van der Waals surface area contributed by atoms with Gasteiger partial charge in [-0.15, -0.1) is 12.4 Å². The van der Waals surface area contributed by atoms with Gasteiger partial charge in [0.1, 0.15) is 6.10 Å². The maximum atomic E-state index is 14.6. The number of hydrogen-bond acceptors (Lipinski definition) is 5. The van der Waals surface area contributed by atoms with E-state index in [2.05, 4.69) is 17.2 Å². The molecule has 0 bridgehead atoms. The standard InChI is InChI=1S/C21H29F4N3O3.ClH/c1-12-8-17(28(2)11-12)18(29)26-10-13-9-16(22)20(27-19(13)30-3)31-15-6-4-14(5-7-15)21(23,24)25;/h9,12,14-15,17H,4-8,10-11H2,1-3H3,(H,26,29);1H. The summed E-state index contributed by atoms with van der Waals surface area (Å²) in [5.41, 5.74) is 0.357. The zero-order chi connectivity index (χ0) is 22.8. The summed E-state index contributed by atoms with van der Waals surface area (Å²) in [6, 6.07) is 0.956. The fourth-order valence-electron chi connectivity index (χ4n) is 4.41. The van der Waals surface area contributed by atoms with E-state index >= 15 is 0 Å². The van der Waals surface area contributed by atoms with Crippen molar-refractivity contribution in [3.05, 3.63) is 17.4 Å². The van der Waals surface area contributed by atoms with E-state index in [4.69, 9.17) is 9.47 Å². The van der Waals surface area contributed by atoms with E-state index in [0.717, 1.165) is 13.0 Å². The van der Waals surface area contributed by atoms with Crippen LogP contribution in [-0.4, -0.2) is 54.8 Å². The normalized spacial score (nSPS) is 26.3. The molecule has 3 rings (SSSR count). The number of pyridine rings is 1. The van der Waals surface area contributed by atoms with Gasteiger partial charge >= 0.3 is 6.18 Å². The Balaban J connectivity index is 0.00000363. The summed E-state index contributed by atoms with van der Waals surface area (Å²) in [4.78, 5) is 18.5. The summed E-state index contributed by atoms with van der Waals surface area (Å²) in [5.74, 6) is -1.99. The molecule has 2 heterocycles. The van der Waals surface area contributed by atoms with Crippen molar-refractivity contribution in [2.45, 2.75) is 63.9 Å². The number of ether oxygens (including phenoxy) is 2. The number of hydrogen-bond donors (Lipinski definition) is 1. The van der Waals surface area contributed by atoms with Crippen molar-refractivity contribution in [1.29, 1.82) is 0 Å². The molecule has 1 amide bonds. The highest BCUT2D eigenvalue weighted by molar-refractivity contribution is 5.85. The summed E-state index contributed by atoms with van der Waals surface area (Å²) >= 11 is 0. The van der Waals surface area contributed by atoms with Gasteiger partial charge in [-0.25, -0.2) is 4.39 Å². The Morgan fingerprint density at radius 3 is 2.44 bits per heavy atom. The number of nitrogens with zero attached hydrogens (tertiary/aromatic N) is 2. The van der Waals surface area contributed by atoms with Crippen molar-refractivity contribution in [3.63, 3.8) is 0 Å². The van der Waals surface area contributed by atoms with Crippen molar-refractivity contribution in [2.75, 3.05) is 20.7 Å². The van der Waals surface area contributed by atoms with Crippen molar-refractivity contribution in [1.82, 2.24) is 15.2 Å². The van der Waals surface area contributed by atoms with Gasteiger partial charge in [-0.05, 0) is 51.1 Å². The second-order valence-electron chi connectivity index (χ2n) is 8.59. The van der Waals surface area contributed by atoms with Gasteiger partial charge in [-0.3, -0.25) is 9.69 Å². The monoisotopic (exact) mass is 483 g/mol. The maximum absolute atomic E-state index is 14.6. The number of carbonyl (C=O) groups excluding carboxylic acids is 1. The number of likely N-dealkylation sites (tertiary alicyclic amines) is 1. The van der Waals surface area contributed by atoms with Crippen LogP contribution in [0.4, 0.5) is 17.6 Å². The van der Waals surface area contributed by atoms with Crippen LogP contribution >= 0.6 is 12.4 Å². The van der Waals surface area contributed by atoms with Crippen LogP contribution in [0, 0.1) is 17.7 Å². The quantitative estimate of drug-likeness (QED) is 0.617. The van der Waals surface area contributed by atoms with Gasteiger partial charge in [0, 0.05) is 18.7 Å². The summed E-state index contributed by atoms with van der Waals surface area (Å²) in [6.45, 7) is 2.97. The predicted molar refractivity (Wildman–Crippen MR) is 112 cm³/mol. The lowest BCUT2D eigenvalue weighted by Gasteiger charge is -2.30. The number of carbonyl (C=O) groups is 1. The van der Waals surface area contributed by atoms with E-state index in [1.165, 1.54) is 13.2 Å². The van der Waals surface area contributed by atoms with Crippen LogP contribution in [0.15, 0.2) is 6.07 Å². The fraction of sp³-hybridized carbons (Fsp3) is 0.714. The molecule has 11 heteroatoms. The van der Waals surface area contributed by atoms with Crippen LogP contribution in [0.2, 0.25) is 0 Å². The Labute approximate surface area is 191 Å². The lowest BCUT2D eigenvalue weighted by atomic mass is 9.87. The second-order valence-corrected chi connectivity index (χ2v) is 8.59. The molecule has 1 N–H and O–H groups in total. The van der Waals surface area contributed by atoms with Crippen LogP contribution < -0.4 is 14.8 Å². The maximum Gasteiger partial charge on any atom is 0.391 e. The van der Waals surface area contributed by atoms with E-state index in [1.807, 2.05) is 11.9 Å². The Bertz CT molecular complexity index is 788. The molecule has 1 saturated carbocycles. The molecule has 6 nitrogen and oxygen atoms in total. The van der Waals surface area contributed by atoms with Crippen molar-refractivity contribution >= 4 is 18.3 Å². The third kappa shape index (κ3) is 6.37. The molecule has 2 aliphatic rings. The lowest BCUT2D eigenvalue weighted by Crippen LogP contribution is -2.41. The van der Waals surface area contributed by atoms with Gasteiger partial charge < -0.3 is 14.8 Å². The first-order chi connectivity index (χ1) is 14.6. The molecule has 1 aliphatic heterocycles. The van der Waals surface area contributed by atoms with Gasteiger partial charge in [0.05, 0.1) is 19.1 Å². The summed E-state index contributed by atoms with van der Waals surface area (Å²) in [5, 5.41) is 2.80. The number of aromatic nitrogens is 1. The SMILES string of the molecule is COc1nc(OC2CCC(C(F)(F)F)CC2)c(F)cc1CNC(=O)C1CC(C)CN1C.Cl. The van der Waals surface area contributed by atoms with Crippen LogP contribution in [-0.2, 0) is 11.3 Å². The number of alkyl halides is 3. The molecule has 1 aromatic rings. The zero-order valence-electron chi connectivity index (χ0n) is 18.4. The average Bonchev–Trinajstić information content (AvgIpc) is 3.05. The zero-order valence-corrected chi connectivity index (χ0v) is 19.2. The molecule has 2 atom stereocenters. The number of nitrogens with one attached hydrogen (secondary N) is 1. The first-order valence-electron chi connectivity index (χ1n) is 10.5. The second kappa shape index (κ2) is 10.9. The van der Waals surface area contributed by atoms with E-state index < -0.39 is 24.0 Å². The topological polar surface area (TPSA) is 63.7 Å². The lowest BCUT2D eigenvalue weighted by molar-refractivity contribution is -0.185. The third-order valence-corrected chi connectivity index (χ3v) is 6.10. The van der Waals surface area contributed by atoms with E-state index in [9.17, 15) is 22.4 Å². The van der Waals surface area contributed by atoms with Crippen LogP contribution in [0.5, 0.6) is 11.8 Å². The smallest absolute Gasteiger partial charge is 0.391 e. The molecule has 182 valence electrons. The molecular weight excluding hydrogens is 454 g/mol. The van der Waals surface area contributed by atoms with E-state index in [1.54, 1.807) is 0 Å². The molecule has 0 spiro atoms. The van der Waals surface area contributed by atoms with Gasteiger partial charge in [0.25, 0.3) is 5.88 Å². The first kappa shape index (κ1) is 26.4. The summed E-state index contributed by atoms with van der Waals surface area (Å²) in [7, 11) is 3.26. The average molecular weight is 484 g/mol. The molecule has 2 fully saturated rings. The Morgan fingerprint density at radius 1 is 1.25 bits per heavy atom. The van der Waals surface area contributed by atoms with Crippen LogP contribution in [0.1, 0.15) is 44.6 Å². The van der Waals surface area contributed by atoms with Crippen LogP contribution in [0.25, 0.3) is 0 Å². The van der Waals surface area contributed by atoms with E-state index in [-0.39, 0.29) is 68.3 Å². The van der Waals surface area contributed by atoms with Crippen molar-refractivity contribution in [3.8, 4) is 11.8 Å². The van der Waals surface area contributed by atoms with Gasteiger partial charge in [-0.1, -0.05) is 6.92 Å². The minimum Gasteiger partial charge on any atom is -0.481 e. The number of methoxy groups -OCH3 is 1. The first-order valence-corrected chi connectivity index (χ1v) is 10.5. The van der Waals surface area contributed by atoms with Gasteiger partial charge in [-0.2, -0.15) is 18.2 Å². The highest BCUT2D eigenvalue weighted by Gasteiger charge is 2.42. The number of likely N-dealkylation sites (N-methyl/N-ethyl adjacent to an activating group) is 1. The van der Waals surface area contributed by atoms with E-state index in [0.29, 0.717) is 11.5 Å². The predicted octanol–water partition coefficient (Wildman–Crippen LogP) is 4.11. The van der Waals surface area contributed by atoms with Crippen LogP contribution in [0.3, 0.4) is 0 Å². The molecule has 1 saturated heterocycles. The number of rotatable bonds is 6. The Morgan fingerprint density at radius 2 is 1.91 bits per heavy atom. The summed E-state index contributed by atoms with van der Waals surface area (Å²) < 4.78 is 63.8. The largest absolute Gasteiger partial charge is 0.481 e. The Kier molecular flexibility index (Phi) is 8.98. The highest BCUT2D eigenvalue weighted by Crippen LogP contribution is 2.38. The molecule has 1 aliphatic carbocycles. The Hall–Kier alpha value is -1.81. The fourth-order valence-corrected chi connectivity index (χ4v) is 4.41. The molecular formula is C21H30ClF4N3O3. The number of amides is 1. The molecule has 32 heavy (non-hydrogen) atoms. The molecule has 1 aromatic heterocycles. The minimum absolute atomic E-state index is 0. The summed E-state index contributed by atoms with van der Waals surface area (Å²) in [6.07, 6.45) is -3.73. The van der Waals surface area contributed by atoms with Crippen molar-refractivity contribution < 1.29 is 31.8 Å². The highest BCUT2D eigenvalue weighted by atomic mass is 35.5. The van der Waals surface area contributed by atoms with Gasteiger partial charge in [0.15, 0.2) is 5.82 Å². The minimum atomic E-state index is -4.21. The molecule has 0 aromatic carbocycles. The third-order valence-electron chi connectivity index (χ3n) is 6.10. The molecule has 0 radical (unpaired) electrons. The van der Waals surface area contributed by atoms with Gasteiger partial charge in [0.2, 0.25) is 11.8 Å². The van der Waals surface area contributed by atoms with Crippen molar-refractivity contribution in [2.24, 2.45) is 11.8 Å².